The Balaban J connectivity index is 1.66. The van der Waals surface area contributed by atoms with E-state index in [1.165, 1.54) is 9.13 Å². The molecular weight excluding hydrogens is 370 g/mol. The highest BCUT2D eigenvalue weighted by Gasteiger charge is 2.27. The van der Waals surface area contributed by atoms with Crippen LogP contribution < -0.4 is 21.3 Å². The van der Waals surface area contributed by atoms with Crippen molar-refractivity contribution >= 4 is 11.6 Å². The van der Waals surface area contributed by atoms with Gasteiger partial charge >= 0.3 is 5.69 Å². The van der Waals surface area contributed by atoms with E-state index in [0.717, 1.165) is 44.2 Å². The van der Waals surface area contributed by atoms with Gasteiger partial charge in [0.2, 0.25) is 5.91 Å². The molecule has 0 radical (unpaired) electrons. The average Bonchev–Trinajstić information content (AvgIpc) is 3.22. The van der Waals surface area contributed by atoms with Gasteiger partial charge in [0.05, 0.1) is 7.11 Å². The molecule has 1 fully saturated rings. The topological polar surface area (TPSA) is 82.3 Å². The van der Waals surface area contributed by atoms with Gasteiger partial charge in [-0.25, -0.2) is 4.79 Å². The summed E-state index contributed by atoms with van der Waals surface area (Å²) in [6.07, 6.45) is 7.10. The van der Waals surface area contributed by atoms with Gasteiger partial charge in [-0.05, 0) is 44.2 Å². The minimum Gasteiger partial charge on any atom is -0.497 e. The number of hydrogen-bond donors (Lipinski definition) is 1. The van der Waals surface area contributed by atoms with Crippen LogP contribution in [0, 0.1) is 0 Å². The lowest BCUT2D eigenvalue weighted by atomic mass is 9.95. The zero-order valence-electron chi connectivity index (χ0n) is 16.8. The first-order valence-electron chi connectivity index (χ1n) is 10.4. The van der Waals surface area contributed by atoms with Gasteiger partial charge < -0.3 is 10.1 Å². The van der Waals surface area contributed by atoms with E-state index in [1.54, 1.807) is 31.4 Å². The van der Waals surface area contributed by atoms with Crippen LogP contribution in [0.1, 0.15) is 55.8 Å². The summed E-state index contributed by atoms with van der Waals surface area (Å²) in [4.78, 5) is 39.0. The molecule has 2 aliphatic rings. The predicted molar refractivity (Wildman–Crippen MR) is 111 cm³/mol. The third-order valence-electron chi connectivity index (χ3n) is 6.02. The van der Waals surface area contributed by atoms with Crippen molar-refractivity contribution in [2.45, 2.75) is 64.0 Å². The van der Waals surface area contributed by atoms with Gasteiger partial charge in [0.1, 0.15) is 12.3 Å². The van der Waals surface area contributed by atoms with Crippen LogP contribution in [0.15, 0.2) is 33.9 Å². The number of rotatable bonds is 5. The standard InChI is InChI=1S/C22H27N3O4/c1-29-17-10-5-7-15(13-17)23-20(26)14-24-19-12-6-11-18(19)21(27)25(22(24)28)16-8-3-2-4-9-16/h5,7,10,13,16H,2-4,6,8-9,11-12,14H2,1H3,(H,23,26). The molecule has 1 aromatic carbocycles. The number of ether oxygens (including phenoxy) is 1. The van der Waals surface area contributed by atoms with Crippen LogP contribution >= 0.6 is 0 Å². The van der Waals surface area contributed by atoms with Gasteiger partial charge in [-0.2, -0.15) is 0 Å². The number of carbonyl (C=O) groups is 1. The molecule has 0 atom stereocenters. The van der Waals surface area contributed by atoms with Crippen molar-refractivity contribution in [2.24, 2.45) is 0 Å². The number of aromatic nitrogens is 2. The van der Waals surface area contributed by atoms with E-state index < -0.39 is 0 Å². The molecular formula is C22H27N3O4. The van der Waals surface area contributed by atoms with Crippen LogP contribution in [0.4, 0.5) is 5.69 Å². The van der Waals surface area contributed by atoms with Gasteiger partial charge in [0.15, 0.2) is 0 Å². The fourth-order valence-corrected chi connectivity index (χ4v) is 4.60. The lowest BCUT2D eigenvalue weighted by Crippen LogP contribution is -2.46. The molecule has 0 bridgehead atoms. The second-order valence-corrected chi connectivity index (χ2v) is 7.89. The Labute approximate surface area is 169 Å². The Morgan fingerprint density at radius 1 is 1.14 bits per heavy atom. The summed E-state index contributed by atoms with van der Waals surface area (Å²) in [6.45, 7) is -0.0919. The Kier molecular flexibility index (Phi) is 5.56. The lowest BCUT2D eigenvalue weighted by molar-refractivity contribution is -0.116. The normalized spacial score (nSPS) is 16.4. The molecule has 1 aromatic heterocycles. The number of methoxy groups -OCH3 is 1. The number of nitrogens with one attached hydrogen (secondary N) is 1. The Hall–Kier alpha value is -2.83. The van der Waals surface area contributed by atoms with E-state index >= 15 is 0 Å². The molecule has 7 heteroatoms. The van der Waals surface area contributed by atoms with E-state index in [0.29, 0.717) is 29.8 Å². The minimum absolute atomic E-state index is 0.0534. The van der Waals surface area contributed by atoms with Crippen molar-refractivity contribution in [1.82, 2.24) is 9.13 Å². The quantitative estimate of drug-likeness (QED) is 0.841. The van der Waals surface area contributed by atoms with E-state index in [9.17, 15) is 14.4 Å². The summed E-state index contributed by atoms with van der Waals surface area (Å²) in [5.41, 5.74) is 1.57. The molecule has 4 rings (SSSR count). The first kappa shape index (κ1) is 19.5. The third-order valence-corrected chi connectivity index (χ3v) is 6.02. The van der Waals surface area contributed by atoms with E-state index in [4.69, 9.17) is 4.74 Å². The Morgan fingerprint density at radius 3 is 2.69 bits per heavy atom. The van der Waals surface area contributed by atoms with Crippen molar-refractivity contribution in [3.63, 3.8) is 0 Å². The molecule has 154 valence electrons. The highest BCUT2D eigenvalue weighted by atomic mass is 16.5. The molecule has 0 saturated heterocycles. The number of amides is 1. The van der Waals surface area contributed by atoms with Crippen molar-refractivity contribution < 1.29 is 9.53 Å². The maximum atomic E-state index is 13.3. The molecule has 1 heterocycles. The van der Waals surface area contributed by atoms with Crippen LogP contribution in [0.3, 0.4) is 0 Å². The van der Waals surface area contributed by atoms with Gasteiger partial charge in [-0.3, -0.25) is 18.7 Å². The second-order valence-electron chi connectivity index (χ2n) is 7.89. The van der Waals surface area contributed by atoms with E-state index in [2.05, 4.69) is 5.32 Å². The summed E-state index contributed by atoms with van der Waals surface area (Å²) in [6, 6.07) is 7.04. The molecule has 2 aromatic rings. The number of anilines is 1. The SMILES string of the molecule is COc1cccc(NC(=O)Cn2c3c(c(=O)n(C4CCCCC4)c2=O)CCC3)c1. The number of nitrogens with zero attached hydrogens (tertiary/aromatic N) is 2. The van der Waals surface area contributed by atoms with E-state index in [-0.39, 0.29) is 29.7 Å². The number of hydrogen-bond acceptors (Lipinski definition) is 4. The molecule has 0 unspecified atom stereocenters. The van der Waals surface area contributed by atoms with Crippen LogP contribution in [0.5, 0.6) is 5.75 Å². The van der Waals surface area contributed by atoms with Crippen molar-refractivity contribution in [3.8, 4) is 5.75 Å². The van der Waals surface area contributed by atoms with Crippen LogP contribution in [-0.2, 0) is 24.2 Å². The predicted octanol–water partition coefficient (Wildman–Crippen LogP) is 2.65. The summed E-state index contributed by atoms with van der Waals surface area (Å²) >= 11 is 0. The number of fused-ring (bicyclic) bond motifs is 1. The maximum absolute atomic E-state index is 13.3. The van der Waals surface area contributed by atoms with Crippen LogP contribution in [0.2, 0.25) is 0 Å². The number of benzene rings is 1. The molecule has 7 nitrogen and oxygen atoms in total. The van der Waals surface area contributed by atoms with Gasteiger partial charge in [0, 0.05) is 29.1 Å². The van der Waals surface area contributed by atoms with Gasteiger partial charge in [-0.1, -0.05) is 25.3 Å². The third kappa shape index (κ3) is 3.86. The maximum Gasteiger partial charge on any atom is 0.331 e. The summed E-state index contributed by atoms with van der Waals surface area (Å²) in [7, 11) is 1.57. The Bertz CT molecular complexity index is 1030. The molecule has 29 heavy (non-hydrogen) atoms. The number of carbonyl (C=O) groups excluding carboxylic acids is 1. The summed E-state index contributed by atoms with van der Waals surface area (Å²) in [5.74, 6) is 0.356. The molecule has 1 saturated carbocycles. The molecule has 0 aliphatic heterocycles. The summed E-state index contributed by atoms with van der Waals surface area (Å²) in [5, 5.41) is 2.83. The van der Waals surface area contributed by atoms with E-state index in [1.807, 2.05) is 0 Å². The fourth-order valence-electron chi connectivity index (χ4n) is 4.60. The van der Waals surface area contributed by atoms with Crippen molar-refractivity contribution in [3.05, 3.63) is 56.4 Å². The molecule has 1 N–H and O–H groups in total. The molecule has 2 aliphatic carbocycles. The van der Waals surface area contributed by atoms with Crippen LogP contribution in [0.25, 0.3) is 0 Å². The second kappa shape index (κ2) is 8.27. The fraction of sp³-hybridized carbons (Fsp3) is 0.500. The minimum atomic E-state index is -0.344. The Morgan fingerprint density at radius 2 is 1.93 bits per heavy atom. The highest BCUT2D eigenvalue weighted by molar-refractivity contribution is 5.90. The highest BCUT2D eigenvalue weighted by Crippen LogP contribution is 2.27. The lowest BCUT2D eigenvalue weighted by Gasteiger charge is -2.25. The monoisotopic (exact) mass is 397 g/mol. The van der Waals surface area contributed by atoms with Crippen molar-refractivity contribution in [1.29, 1.82) is 0 Å². The smallest absolute Gasteiger partial charge is 0.331 e. The van der Waals surface area contributed by atoms with Gasteiger partial charge in [-0.15, -0.1) is 0 Å². The zero-order chi connectivity index (χ0) is 20.4. The first-order chi connectivity index (χ1) is 14.1. The molecule has 0 spiro atoms. The average molecular weight is 397 g/mol. The van der Waals surface area contributed by atoms with Crippen molar-refractivity contribution in [2.75, 3.05) is 12.4 Å². The zero-order valence-corrected chi connectivity index (χ0v) is 16.8. The van der Waals surface area contributed by atoms with Gasteiger partial charge in [0.25, 0.3) is 5.56 Å². The summed E-state index contributed by atoms with van der Waals surface area (Å²) < 4.78 is 8.14. The van der Waals surface area contributed by atoms with Crippen LogP contribution in [-0.4, -0.2) is 22.2 Å². The largest absolute Gasteiger partial charge is 0.497 e. The molecule has 1 amide bonds. The first-order valence-corrected chi connectivity index (χ1v) is 10.4.